The molecule has 0 fully saturated rings. The average Bonchev–Trinajstić information content (AvgIpc) is 2.81. The van der Waals surface area contributed by atoms with Crippen molar-refractivity contribution in [2.45, 2.75) is 13.5 Å². The highest BCUT2D eigenvalue weighted by atomic mass is 16.5. The number of hydrogen-bond donors (Lipinski definition) is 0. The van der Waals surface area contributed by atoms with E-state index in [9.17, 15) is 14.4 Å². The number of aromatic nitrogens is 3. The zero-order valence-corrected chi connectivity index (χ0v) is 11.9. The summed E-state index contributed by atoms with van der Waals surface area (Å²) >= 11 is 0. The number of carbonyl (C=O) groups is 2. The Hall–Kier alpha value is -2.64. The van der Waals surface area contributed by atoms with E-state index in [2.05, 4.69) is 9.84 Å². The maximum atomic E-state index is 12.1. The number of rotatable bonds is 5. The normalized spacial score (nSPS) is 10.6. The van der Waals surface area contributed by atoms with Gasteiger partial charge < -0.3 is 9.64 Å². The summed E-state index contributed by atoms with van der Waals surface area (Å²) < 4.78 is 6.97. The van der Waals surface area contributed by atoms with Gasteiger partial charge in [0.15, 0.2) is 5.65 Å². The van der Waals surface area contributed by atoms with Crippen molar-refractivity contribution >= 4 is 17.5 Å². The number of fused-ring (bicyclic) bond motifs is 1. The predicted molar refractivity (Wildman–Crippen MR) is 73.7 cm³/mol. The van der Waals surface area contributed by atoms with E-state index in [-0.39, 0.29) is 19.0 Å². The lowest BCUT2D eigenvalue weighted by atomic mass is 10.4. The second-order valence-electron chi connectivity index (χ2n) is 4.35. The molecule has 0 unspecified atom stereocenters. The van der Waals surface area contributed by atoms with Gasteiger partial charge >= 0.3 is 11.7 Å². The Morgan fingerprint density at radius 1 is 1.38 bits per heavy atom. The van der Waals surface area contributed by atoms with Gasteiger partial charge in [-0.25, -0.2) is 9.48 Å². The van der Waals surface area contributed by atoms with E-state index in [0.29, 0.717) is 12.2 Å². The van der Waals surface area contributed by atoms with Crippen LogP contribution < -0.4 is 5.69 Å². The minimum atomic E-state index is -0.507. The van der Waals surface area contributed by atoms with E-state index in [1.54, 1.807) is 31.3 Å². The highest BCUT2D eigenvalue weighted by molar-refractivity contribution is 5.81. The van der Waals surface area contributed by atoms with Gasteiger partial charge in [0.2, 0.25) is 5.91 Å². The second-order valence-corrected chi connectivity index (χ2v) is 4.35. The molecular formula is C13H16N4O4. The molecule has 2 aromatic heterocycles. The molecule has 0 aliphatic rings. The van der Waals surface area contributed by atoms with Crippen molar-refractivity contribution in [2.75, 3.05) is 20.2 Å². The molecule has 0 aromatic carbocycles. The molecule has 2 rings (SSSR count). The largest absolute Gasteiger partial charge is 0.468 e. The summed E-state index contributed by atoms with van der Waals surface area (Å²) in [7, 11) is 1.26. The fourth-order valence-corrected chi connectivity index (χ4v) is 1.90. The molecule has 0 atom stereocenters. The van der Waals surface area contributed by atoms with Crippen molar-refractivity contribution < 1.29 is 14.3 Å². The van der Waals surface area contributed by atoms with Crippen LogP contribution in [0.4, 0.5) is 0 Å². The Kier molecular flexibility index (Phi) is 4.36. The standard InChI is InChI=1S/C13H16N4O4/c1-3-15(9-12(19)21-2)11(18)8-17-13(20)16-7-5-4-6-10(16)14-17/h4-7H,3,8-9H2,1-2H3. The lowest BCUT2D eigenvalue weighted by Gasteiger charge is -2.18. The summed E-state index contributed by atoms with van der Waals surface area (Å²) in [6, 6.07) is 5.13. The summed E-state index contributed by atoms with van der Waals surface area (Å²) in [6.07, 6.45) is 1.58. The zero-order valence-electron chi connectivity index (χ0n) is 11.9. The monoisotopic (exact) mass is 292 g/mol. The van der Waals surface area contributed by atoms with Crippen molar-refractivity contribution in [1.29, 1.82) is 0 Å². The summed E-state index contributed by atoms with van der Waals surface area (Å²) in [5.41, 5.74) is 0.0689. The van der Waals surface area contributed by atoms with Crippen molar-refractivity contribution in [3.05, 3.63) is 34.9 Å². The highest BCUT2D eigenvalue weighted by Crippen LogP contribution is 1.97. The molecule has 0 aliphatic carbocycles. The Labute approximate surface area is 120 Å². The molecule has 0 radical (unpaired) electrons. The lowest BCUT2D eigenvalue weighted by molar-refractivity contribution is -0.147. The first-order valence-electron chi connectivity index (χ1n) is 6.45. The molecule has 0 spiro atoms. The van der Waals surface area contributed by atoms with Crippen LogP contribution in [0.25, 0.3) is 5.65 Å². The molecule has 0 aliphatic heterocycles. The highest BCUT2D eigenvalue weighted by Gasteiger charge is 2.18. The van der Waals surface area contributed by atoms with Crippen molar-refractivity contribution in [2.24, 2.45) is 0 Å². The third kappa shape index (κ3) is 3.10. The number of methoxy groups -OCH3 is 1. The Bertz CT molecular complexity index is 718. The average molecular weight is 292 g/mol. The van der Waals surface area contributed by atoms with Crippen LogP contribution in [0.5, 0.6) is 0 Å². The second kappa shape index (κ2) is 6.21. The number of esters is 1. The number of amides is 1. The number of likely N-dealkylation sites (N-methyl/N-ethyl adjacent to an activating group) is 1. The van der Waals surface area contributed by atoms with Crippen molar-refractivity contribution in [1.82, 2.24) is 19.1 Å². The number of nitrogens with zero attached hydrogens (tertiary/aromatic N) is 4. The van der Waals surface area contributed by atoms with E-state index < -0.39 is 11.7 Å². The Balaban J connectivity index is 2.19. The Morgan fingerprint density at radius 2 is 2.14 bits per heavy atom. The van der Waals surface area contributed by atoms with Gasteiger partial charge in [0.1, 0.15) is 13.1 Å². The zero-order chi connectivity index (χ0) is 15.4. The van der Waals surface area contributed by atoms with Crippen LogP contribution >= 0.6 is 0 Å². The summed E-state index contributed by atoms with van der Waals surface area (Å²) in [6.45, 7) is 1.72. The van der Waals surface area contributed by atoms with Crippen molar-refractivity contribution in [3.8, 4) is 0 Å². The number of hydrogen-bond acceptors (Lipinski definition) is 5. The van der Waals surface area contributed by atoms with E-state index in [0.717, 1.165) is 4.68 Å². The van der Waals surface area contributed by atoms with E-state index >= 15 is 0 Å². The summed E-state index contributed by atoms with van der Waals surface area (Å²) in [4.78, 5) is 36.7. The van der Waals surface area contributed by atoms with E-state index in [1.165, 1.54) is 16.4 Å². The molecule has 0 bridgehead atoms. The smallest absolute Gasteiger partial charge is 0.350 e. The molecule has 2 heterocycles. The first-order valence-corrected chi connectivity index (χ1v) is 6.45. The molecule has 8 heteroatoms. The van der Waals surface area contributed by atoms with Crippen LogP contribution in [0.3, 0.4) is 0 Å². The van der Waals surface area contributed by atoms with Gasteiger partial charge in [-0.3, -0.25) is 14.0 Å². The lowest BCUT2D eigenvalue weighted by Crippen LogP contribution is -2.40. The number of pyridine rings is 1. The number of carbonyl (C=O) groups excluding carboxylic acids is 2. The van der Waals surface area contributed by atoms with Crippen LogP contribution in [0, 0.1) is 0 Å². The van der Waals surface area contributed by atoms with Crippen LogP contribution in [-0.4, -0.2) is 51.2 Å². The molecule has 0 saturated carbocycles. The van der Waals surface area contributed by atoms with E-state index in [4.69, 9.17) is 0 Å². The van der Waals surface area contributed by atoms with Gasteiger partial charge in [0.25, 0.3) is 0 Å². The van der Waals surface area contributed by atoms with E-state index in [1.807, 2.05) is 0 Å². The first-order chi connectivity index (χ1) is 10.1. The quantitative estimate of drug-likeness (QED) is 0.695. The minimum absolute atomic E-state index is 0.145. The van der Waals surface area contributed by atoms with Gasteiger partial charge in [0.05, 0.1) is 7.11 Å². The first kappa shape index (κ1) is 14.8. The Morgan fingerprint density at radius 3 is 2.76 bits per heavy atom. The van der Waals surface area contributed by atoms with Gasteiger partial charge in [-0.15, -0.1) is 5.10 Å². The van der Waals surface area contributed by atoms with Crippen LogP contribution in [-0.2, 0) is 20.9 Å². The van der Waals surface area contributed by atoms with Gasteiger partial charge in [0, 0.05) is 12.7 Å². The molecule has 0 N–H and O–H groups in total. The third-order valence-corrected chi connectivity index (χ3v) is 3.06. The molecule has 1 amide bonds. The van der Waals surface area contributed by atoms with Gasteiger partial charge in [-0.2, -0.15) is 0 Å². The molecule has 112 valence electrons. The fraction of sp³-hybridized carbons (Fsp3) is 0.385. The number of ether oxygens (including phenoxy) is 1. The van der Waals surface area contributed by atoms with Gasteiger partial charge in [-0.1, -0.05) is 6.07 Å². The SMILES string of the molecule is CCN(CC(=O)OC)C(=O)Cn1nc2ccccn2c1=O. The molecular weight excluding hydrogens is 276 g/mol. The molecule has 0 saturated heterocycles. The van der Waals surface area contributed by atoms with Crippen LogP contribution in [0.1, 0.15) is 6.92 Å². The van der Waals surface area contributed by atoms with Crippen LogP contribution in [0.15, 0.2) is 29.2 Å². The maximum Gasteiger partial charge on any atom is 0.350 e. The van der Waals surface area contributed by atoms with Crippen molar-refractivity contribution in [3.63, 3.8) is 0 Å². The molecule has 21 heavy (non-hydrogen) atoms. The van der Waals surface area contributed by atoms with Gasteiger partial charge in [-0.05, 0) is 19.1 Å². The minimum Gasteiger partial charge on any atom is -0.468 e. The summed E-state index contributed by atoms with van der Waals surface area (Å²) in [5, 5.41) is 4.07. The topological polar surface area (TPSA) is 85.9 Å². The molecule has 8 nitrogen and oxygen atoms in total. The molecule has 2 aromatic rings. The summed E-state index contributed by atoms with van der Waals surface area (Å²) in [5.74, 6) is -0.874. The maximum absolute atomic E-state index is 12.1. The predicted octanol–water partition coefficient (Wildman–Crippen LogP) is -0.483. The third-order valence-electron chi connectivity index (χ3n) is 3.06. The van der Waals surface area contributed by atoms with Crippen LogP contribution in [0.2, 0.25) is 0 Å². The fourth-order valence-electron chi connectivity index (χ4n) is 1.90.